The Kier molecular flexibility index (Phi) is 5.28. The zero-order valence-corrected chi connectivity index (χ0v) is 20.0. The highest BCUT2D eigenvalue weighted by Gasteiger charge is 2.56. The first-order valence-corrected chi connectivity index (χ1v) is 13.6. The summed E-state index contributed by atoms with van der Waals surface area (Å²) in [6.07, 6.45) is 0. The van der Waals surface area contributed by atoms with Gasteiger partial charge in [-0.05, 0) is 61.5 Å². The molecular formula is C32H26OP+. The maximum absolute atomic E-state index is 6.48. The van der Waals surface area contributed by atoms with Gasteiger partial charge in [0.15, 0.2) is 0 Å². The van der Waals surface area contributed by atoms with Crippen LogP contribution in [0.2, 0.25) is 0 Å². The Morgan fingerprint density at radius 1 is 0.500 bits per heavy atom. The molecule has 5 aromatic rings. The summed E-state index contributed by atoms with van der Waals surface area (Å²) >= 11 is 0. The summed E-state index contributed by atoms with van der Waals surface area (Å²) < 4.78 is 6.48. The van der Waals surface area contributed by atoms with Gasteiger partial charge in [0.25, 0.3) is 0 Å². The van der Waals surface area contributed by atoms with Gasteiger partial charge in [-0.25, -0.2) is 0 Å². The number of aryl methyl sites for hydroxylation is 1. The summed E-state index contributed by atoms with van der Waals surface area (Å²) in [6.45, 7) is 2.17. The van der Waals surface area contributed by atoms with E-state index in [2.05, 4.69) is 140 Å². The van der Waals surface area contributed by atoms with E-state index in [1.54, 1.807) is 0 Å². The smallest absolute Gasteiger partial charge is 0.141 e. The molecule has 1 atom stereocenters. The van der Waals surface area contributed by atoms with Crippen LogP contribution in [0.5, 0.6) is 11.5 Å². The van der Waals surface area contributed by atoms with Crippen LogP contribution in [0.25, 0.3) is 0 Å². The van der Waals surface area contributed by atoms with E-state index in [0.29, 0.717) is 0 Å². The highest BCUT2D eigenvalue weighted by molar-refractivity contribution is 7.96. The third-order valence-electron chi connectivity index (χ3n) is 6.77. The van der Waals surface area contributed by atoms with Gasteiger partial charge < -0.3 is 4.74 Å². The van der Waals surface area contributed by atoms with Crippen LogP contribution in [-0.2, 0) is 0 Å². The second-order valence-corrected chi connectivity index (χ2v) is 12.3. The van der Waals surface area contributed by atoms with E-state index in [1.807, 2.05) is 0 Å². The molecule has 0 amide bonds. The Morgan fingerprint density at radius 2 is 0.971 bits per heavy atom. The van der Waals surface area contributed by atoms with Crippen molar-refractivity contribution in [2.75, 3.05) is 0 Å². The van der Waals surface area contributed by atoms with Crippen LogP contribution < -0.4 is 20.7 Å². The van der Waals surface area contributed by atoms with Gasteiger partial charge in [0.05, 0.1) is 0 Å². The van der Waals surface area contributed by atoms with Gasteiger partial charge >= 0.3 is 0 Å². The van der Waals surface area contributed by atoms with E-state index >= 15 is 0 Å². The lowest BCUT2D eigenvalue weighted by Crippen LogP contribution is -2.36. The van der Waals surface area contributed by atoms with E-state index in [0.717, 1.165) is 11.5 Å². The Morgan fingerprint density at radius 3 is 1.53 bits per heavy atom. The van der Waals surface area contributed by atoms with Gasteiger partial charge in [0, 0.05) is 11.1 Å². The van der Waals surface area contributed by atoms with Gasteiger partial charge in [-0.2, -0.15) is 0 Å². The molecule has 1 aliphatic rings. The van der Waals surface area contributed by atoms with Crippen LogP contribution in [0.15, 0.2) is 133 Å². The normalized spacial score (nSPS) is 14.6. The van der Waals surface area contributed by atoms with Crippen LogP contribution in [0.4, 0.5) is 0 Å². The van der Waals surface area contributed by atoms with Crippen LogP contribution in [0.1, 0.15) is 22.3 Å². The lowest BCUT2D eigenvalue weighted by Gasteiger charge is -2.38. The zero-order chi connectivity index (χ0) is 23.0. The Labute approximate surface area is 202 Å². The molecule has 0 radical (unpaired) electrons. The Hall–Kier alpha value is -3.67. The molecule has 1 nitrogen and oxygen atoms in total. The quantitative estimate of drug-likeness (QED) is 0.260. The largest absolute Gasteiger partial charge is 0.456 e. The molecule has 1 aliphatic heterocycles. The highest BCUT2D eigenvalue weighted by Crippen LogP contribution is 2.72. The molecule has 0 bridgehead atoms. The van der Waals surface area contributed by atoms with Crippen LogP contribution in [0, 0.1) is 6.92 Å². The maximum Gasteiger partial charge on any atom is 0.141 e. The first kappa shape index (κ1) is 20.9. The van der Waals surface area contributed by atoms with Gasteiger partial charge in [0.2, 0.25) is 0 Å². The Bertz CT molecular complexity index is 1330. The second kappa shape index (κ2) is 8.60. The molecule has 1 heterocycles. The molecule has 164 valence electrons. The van der Waals surface area contributed by atoms with E-state index < -0.39 is 7.26 Å². The van der Waals surface area contributed by atoms with Crippen molar-refractivity contribution in [2.45, 2.75) is 12.6 Å². The predicted octanol–water partition coefficient (Wildman–Crippen LogP) is 7.18. The van der Waals surface area contributed by atoms with Crippen molar-refractivity contribution in [3.05, 3.63) is 150 Å². The number of fused-ring (bicyclic) bond motifs is 2. The van der Waals surface area contributed by atoms with E-state index in [-0.39, 0.29) is 5.66 Å². The summed E-state index contributed by atoms with van der Waals surface area (Å²) in [4.78, 5) is 0. The maximum atomic E-state index is 6.48. The number of ether oxygens (including phenoxy) is 1. The number of para-hydroxylation sites is 1. The number of rotatable bonds is 4. The Balaban J connectivity index is 1.80. The van der Waals surface area contributed by atoms with Crippen molar-refractivity contribution in [3.63, 3.8) is 0 Å². The third kappa shape index (κ3) is 3.28. The number of hydrogen-bond donors (Lipinski definition) is 0. The average molecular weight is 458 g/mol. The number of benzene rings is 5. The molecule has 0 aliphatic carbocycles. The molecule has 6 rings (SSSR count). The van der Waals surface area contributed by atoms with Crippen LogP contribution in [-0.4, -0.2) is 0 Å². The van der Waals surface area contributed by atoms with Crippen molar-refractivity contribution in [2.24, 2.45) is 0 Å². The second-order valence-electron chi connectivity index (χ2n) is 8.81. The van der Waals surface area contributed by atoms with Crippen LogP contribution >= 0.6 is 7.26 Å². The first-order valence-electron chi connectivity index (χ1n) is 11.7. The van der Waals surface area contributed by atoms with Crippen molar-refractivity contribution < 1.29 is 4.74 Å². The minimum Gasteiger partial charge on any atom is -0.456 e. The SMILES string of the molecule is Cc1ccc2c(c1)C([P+](c1ccccc1)(c1ccccc1)c1ccccc1)c1ccccc1O2. The third-order valence-corrected chi connectivity index (χ3v) is 11.4. The fraction of sp³-hybridized carbons (Fsp3) is 0.0625. The molecule has 5 aromatic carbocycles. The molecule has 34 heavy (non-hydrogen) atoms. The predicted molar refractivity (Wildman–Crippen MR) is 145 cm³/mol. The van der Waals surface area contributed by atoms with Crippen molar-refractivity contribution in [1.82, 2.24) is 0 Å². The molecule has 2 heteroatoms. The lowest BCUT2D eigenvalue weighted by molar-refractivity contribution is 0.458. The summed E-state index contributed by atoms with van der Waals surface area (Å²) in [6, 6.07) is 48.6. The lowest BCUT2D eigenvalue weighted by atomic mass is 9.98. The molecule has 0 N–H and O–H groups in total. The first-order chi connectivity index (χ1) is 16.8. The van der Waals surface area contributed by atoms with Gasteiger partial charge in [-0.3, -0.25) is 0 Å². The summed E-state index contributed by atoms with van der Waals surface area (Å²) in [5, 5.41) is 4.13. The van der Waals surface area contributed by atoms with Crippen molar-refractivity contribution >= 4 is 23.2 Å². The molecule has 0 fully saturated rings. The summed E-state index contributed by atoms with van der Waals surface area (Å²) in [7, 11) is -2.19. The highest BCUT2D eigenvalue weighted by atomic mass is 31.2. The molecule has 0 saturated carbocycles. The van der Waals surface area contributed by atoms with Crippen molar-refractivity contribution in [1.29, 1.82) is 0 Å². The molecular weight excluding hydrogens is 431 g/mol. The minimum atomic E-state index is -2.19. The molecule has 0 spiro atoms. The van der Waals surface area contributed by atoms with E-state index in [4.69, 9.17) is 4.74 Å². The van der Waals surface area contributed by atoms with E-state index in [1.165, 1.54) is 32.6 Å². The zero-order valence-electron chi connectivity index (χ0n) is 19.1. The van der Waals surface area contributed by atoms with Gasteiger partial charge in [-0.15, -0.1) is 0 Å². The standard InChI is InChI=1S/C32H26OP/c1-24-21-22-31-29(23-24)32(28-19-11-12-20-30(28)33-31)34(25-13-5-2-6-14-25,26-15-7-3-8-16-26)27-17-9-4-10-18-27/h2-23,32H,1H3/q+1. The van der Waals surface area contributed by atoms with Crippen LogP contribution in [0.3, 0.4) is 0 Å². The number of hydrogen-bond acceptors (Lipinski definition) is 1. The average Bonchev–Trinajstić information content (AvgIpc) is 2.91. The molecule has 0 aromatic heterocycles. The minimum absolute atomic E-state index is 0.138. The topological polar surface area (TPSA) is 9.23 Å². The van der Waals surface area contributed by atoms with E-state index in [9.17, 15) is 0 Å². The fourth-order valence-corrected chi connectivity index (χ4v) is 10.3. The van der Waals surface area contributed by atoms with Gasteiger partial charge in [-0.1, -0.05) is 84.4 Å². The summed E-state index contributed by atoms with van der Waals surface area (Å²) in [5.74, 6) is 1.91. The summed E-state index contributed by atoms with van der Waals surface area (Å²) in [5.41, 5.74) is 3.91. The van der Waals surface area contributed by atoms with Crippen molar-refractivity contribution in [3.8, 4) is 11.5 Å². The fourth-order valence-electron chi connectivity index (χ4n) is 5.36. The molecule has 0 saturated heterocycles. The molecule has 1 unspecified atom stereocenters. The van der Waals surface area contributed by atoms with Gasteiger partial charge in [0.1, 0.15) is 40.3 Å². The monoisotopic (exact) mass is 457 g/mol.